The van der Waals surface area contributed by atoms with Gasteiger partial charge in [0.1, 0.15) is 0 Å². The maximum Gasteiger partial charge on any atom is 0.294 e. The highest BCUT2D eigenvalue weighted by molar-refractivity contribution is 7.95. The van der Waals surface area contributed by atoms with Crippen LogP contribution in [0.4, 0.5) is 0 Å². The number of rotatable bonds is 3. The molecule has 0 unspecified atom stereocenters. The lowest BCUT2D eigenvalue weighted by atomic mass is 9.97. The fraction of sp³-hybridized carbons (Fsp3) is 0.231. The molecule has 1 aromatic carbocycles. The van der Waals surface area contributed by atoms with Crippen molar-refractivity contribution in [2.75, 3.05) is 0 Å². The van der Waals surface area contributed by atoms with Gasteiger partial charge in [-0.05, 0) is 37.5 Å². The van der Waals surface area contributed by atoms with E-state index in [0.717, 1.165) is 16.7 Å². The maximum atomic E-state index is 11.3. The first kappa shape index (κ1) is 13.7. The highest BCUT2D eigenvalue weighted by Gasteiger charge is 2.20. The summed E-state index contributed by atoms with van der Waals surface area (Å²) >= 11 is 0. The van der Waals surface area contributed by atoms with Gasteiger partial charge >= 0.3 is 0 Å². The third kappa shape index (κ3) is 2.65. The van der Waals surface area contributed by atoms with Crippen LogP contribution in [0.5, 0.6) is 0 Å². The average Bonchev–Trinajstić information content (AvgIpc) is 2.22. The maximum absolute atomic E-state index is 11.3. The van der Waals surface area contributed by atoms with E-state index in [1.807, 2.05) is 19.1 Å². The summed E-state index contributed by atoms with van der Waals surface area (Å²) in [6, 6.07) is 3.72. The van der Waals surface area contributed by atoms with Crippen molar-refractivity contribution in [3.05, 3.63) is 47.0 Å². The molecule has 1 rings (SSSR count). The zero-order chi connectivity index (χ0) is 13.2. The van der Waals surface area contributed by atoms with Gasteiger partial charge in [-0.15, -0.1) is 0 Å². The molecule has 3 nitrogen and oxygen atoms in total. The van der Waals surface area contributed by atoms with E-state index in [9.17, 15) is 13.0 Å². The van der Waals surface area contributed by atoms with Crippen molar-refractivity contribution < 1.29 is 13.0 Å². The predicted molar refractivity (Wildman–Crippen MR) is 71.2 cm³/mol. The number of hydrogen-bond acceptors (Lipinski definition) is 2. The van der Waals surface area contributed by atoms with E-state index in [1.165, 1.54) is 6.08 Å². The molecule has 0 aliphatic carbocycles. The van der Waals surface area contributed by atoms with Crippen LogP contribution < -0.4 is 0 Å². The zero-order valence-corrected chi connectivity index (χ0v) is 11.0. The molecule has 92 valence electrons. The van der Waals surface area contributed by atoms with Gasteiger partial charge in [-0.1, -0.05) is 30.9 Å². The molecule has 0 bridgehead atoms. The monoisotopic (exact) mass is 252 g/mol. The van der Waals surface area contributed by atoms with Gasteiger partial charge in [-0.25, -0.2) is 0 Å². The average molecular weight is 252 g/mol. The number of hydrogen-bond donors (Lipinski definition) is 1. The Bertz CT molecular complexity index is 581. The lowest BCUT2D eigenvalue weighted by molar-refractivity contribution is 0.496. The quantitative estimate of drug-likeness (QED) is 0.840. The molecule has 0 saturated heterocycles. The van der Waals surface area contributed by atoms with Crippen LogP contribution >= 0.6 is 0 Å². The first-order valence-electron chi connectivity index (χ1n) is 5.19. The van der Waals surface area contributed by atoms with Gasteiger partial charge in [0.15, 0.2) is 0 Å². The standard InChI is InChI=1S/C13H16O3S/c1-5-11-9(3)7-8-10(4)13(11)12(6-2)17(14,15)16/h5-8H,1H2,2-4H3,(H,14,15,16)/b12-6+. The number of benzene rings is 1. The van der Waals surface area contributed by atoms with Gasteiger partial charge in [0.25, 0.3) is 10.1 Å². The predicted octanol–water partition coefficient (Wildman–Crippen LogP) is 3.20. The molecule has 0 spiro atoms. The molecule has 0 radical (unpaired) electrons. The van der Waals surface area contributed by atoms with Crippen molar-refractivity contribution in [1.29, 1.82) is 0 Å². The van der Waals surface area contributed by atoms with E-state index < -0.39 is 10.1 Å². The largest absolute Gasteiger partial charge is 0.294 e. The van der Waals surface area contributed by atoms with Crippen molar-refractivity contribution in [3.8, 4) is 0 Å². The molecule has 1 N–H and O–H groups in total. The molecule has 17 heavy (non-hydrogen) atoms. The summed E-state index contributed by atoms with van der Waals surface area (Å²) in [6.07, 6.45) is 3.00. The van der Waals surface area contributed by atoms with Crippen LogP contribution in [0.1, 0.15) is 29.2 Å². The van der Waals surface area contributed by atoms with Crippen molar-refractivity contribution >= 4 is 21.1 Å². The van der Waals surface area contributed by atoms with Crippen molar-refractivity contribution in [1.82, 2.24) is 0 Å². The summed E-state index contributed by atoms with van der Waals surface area (Å²) in [4.78, 5) is -0.0754. The SMILES string of the molecule is C=Cc1c(C)ccc(C)c1/C(=C\C)S(=O)(=O)O. The van der Waals surface area contributed by atoms with Crippen LogP contribution in [0.15, 0.2) is 24.8 Å². The van der Waals surface area contributed by atoms with Gasteiger partial charge in [0, 0.05) is 5.56 Å². The number of allylic oxidation sites excluding steroid dienone is 1. The third-order valence-electron chi connectivity index (χ3n) is 2.66. The molecule has 0 saturated carbocycles. The van der Waals surface area contributed by atoms with E-state index in [0.29, 0.717) is 5.56 Å². The molecule has 0 aliphatic rings. The Morgan fingerprint density at radius 3 is 2.24 bits per heavy atom. The molecule has 0 fully saturated rings. The Morgan fingerprint density at radius 1 is 1.29 bits per heavy atom. The third-order valence-corrected chi connectivity index (χ3v) is 3.66. The Labute approximate surface area is 102 Å². The molecule has 0 atom stereocenters. The lowest BCUT2D eigenvalue weighted by Gasteiger charge is -2.13. The van der Waals surface area contributed by atoms with Crippen LogP contribution in [0.2, 0.25) is 0 Å². The number of aryl methyl sites for hydroxylation is 2. The molecular weight excluding hydrogens is 236 g/mol. The van der Waals surface area contributed by atoms with Crippen molar-refractivity contribution in [2.24, 2.45) is 0 Å². The summed E-state index contributed by atoms with van der Waals surface area (Å²) in [6.45, 7) is 8.94. The summed E-state index contributed by atoms with van der Waals surface area (Å²) in [7, 11) is -4.23. The Hall–Kier alpha value is -1.39. The highest BCUT2D eigenvalue weighted by atomic mass is 32.2. The van der Waals surface area contributed by atoms with E-state index >= 15 is 0 Å². The molecule has 0 amide bonds. The summed E-state index contributed by atoms with van der Waals surface area (Å²) in [5, 5.41) is 0. The Balaban J connectivity index is 3.72. The van der Waals surface area contributed by atoms with E-state index in [1.54, 1.807) is 19.9 Å². The first-order valence-corrected chi connectivity index (χ1v) is 6.63. The minimum absolute atomic E-state index is 0.0754. The van der Waals surface area contributed by atoms with Gasteiger partial charge in [0.2, 0.25) is 0 Å². The molecule has 0 aromatic heterocycles. The van der Waals surface area contributed by atoms with Crippen LogP contribution in [-0.4, -0.2) is 13.0 Å². The van der Waals surface area contributed by atoms with E-state index in [2.05, 4.69) is 6.58 Å². The summed E-state index contributed by atoms with van der Waals surface area (Å²) in [5.74, 6) is 0. The molecule has 0 aliphatic heterocycles. The van der Waals surface area contributed by atoms with Crippen LogP contribution in [0.3, 0.4) is 0 Å². The van der Waals surface area contributed by atoms with E-state index in [4.69, 9.17) is 0 Å². The lowest BCUT2D eigenvalue weighted by Crippen LogP contribution is -2.05. The second kappa shape index (κ2) is 4.85. The minimum atomic E-state index is -4.23. The van der Waals surface area contributed by atoms with Gasteiger partial charge < -0.3 is 0 Å². The molecule has 0 heterocycles. The Morgan fingerprint density at radius 2 is 1.82 bits per heavy atom. The van der Waals surface area contributed by atoms with Crippen LogP contribution in [0.25, 0.3) is 11.0 Å². The molecule has 4 heteroatoms. The van der Waals surface area contributed by atoms with Gasteiger partial charge in [-0.2, -0.15) is 8.42 Å². The van der Waals surface area contributed by atoms with Crippen LogP contribution in [0, 0.1) is 13.8 Å². The summed E-state index contributed by atoms with van der Waals surface area (Å²) in [5.41, 5.74) is 2.96. The van der Waals surface area contributed by atoms with Crippen molar-refractivity contribution in [3.63, 3.8) is 0 Å². The zero-order valence-electron chi connectivity index (χ0n) is 10.2. The topological polar surface area (TPSA) is 54.4 Å². The molecule has 1 aromatic rings. The fourth-order valence-electron chi connectivity index (χ4n) is 1.85. The van der Waals surface area contributed by atoms with Gasteiger partial charge in [0.05, 0.1) is 4.91 Å². The summed E-state index contributed by atoms with van der Waals surface area (Å²) < 4.78 is 31.9. The van der Waals surface area contributed by atoms with Crippen LogP contribution in [-0.2, 0) is 10.1 Å². The van der Waals surface area contributed by atoms with E-state index in [-0.39, 0.29) is 4.91 Å². The Kier molecular flexibility index (Phi) is 3.91. The second-order valence-electron chi connectivity index (χ2n) is 3.82. The first-order chi connectivity index (χ1) is 7.82. The normalized spacial score (nSPS) is 12.6. The fourth-order valence-corrected chi connectivity index (χ4v) is 2.67. The van der Waals surface area contributed by atoms with Crippen molar-refractivity contribution in [2.45, 2.75) is 20.8 Å². The molecular formula is C13H16O3S. The second-order valence-corrected chi connectivity index (χ2v) is 5.21. The van der Waals surface area contributed by atoms with Gasteiger partial charge in [-0.3, -0.25) is 4.55 Å². The smallest absolute Gasteiger partial charge is 0.282 e. The highest BCUT2D eigenvalue weighted by Crippen LogP contribution is 2.29. The minimum Gasteiger partial charge on any atom is -0.282 e.